The van der Waals surface area contributed by atoms with Crippen LogP contribution in [0.4, 0.5) is 5.69 Å². The Balaban J connectivity index is 1.91. The van der Waals surface area contributed by atoms with Crippen molar-refractivity contribution in [3.63, 3.8) is 0 Å². The van der Waals surface area contributed by atoms with Crippen LogP contribution in [0.2, 0.25) is 10.0 Å². The number of ether oxygens (including phenoxy) is 1. The lowest BCUT2D eigenvalue weighted by Gasteiger charge is -2.13. The lowest BCUT2D eigenvalue weighted by Crippen LogP contribution is -2.11. The van der Waals surface area contributed by atoms with Crippen LogP contribution in [-0.4, -0.2) is 21.7 Å². The van der Waals surface area contributed by atoms with E-state index >= 15 is 0 Å². The van der Waals surface area contributed by atoms with Crippen LogP contribution in [0.15, 0.2) is 69.0 Å². The number of rotatable bonds is 6. The van der Waals surface area contributed by atoms with E-state index in [1.807, 2.05) is 19.1 Å². The summed E-state index contributed by atoms with van der Waals surface area (Å²) in [7, 11) is -2.66. The number of nitrogens with zero attached hydrogens (tertiary/aromatic N) is 1. The van der Waals surface area contributed by atoms with Gasteiger partial charge in [0.1, 0.15) is 4.90 Å². The molecule has 0 atom stereocenters. The molecule has 0 spiro atoms. The summed E-state index contributed by atoms with van der Waals surface area (Å²) in [4.78, 5) is 4.37. The first-order chi connectivity index (χ1) is 14.2. The van der Waals surface area contributed by atoms with Crippen LogP contribution in [0.5, 0.6) is 11.5 Å². The highest BCUT2D eigenvalue weighted by atomic mass is 79.9. The fourth-order valence-electron chi connectivity index (χ4n) is 2.47. The average molecular weight is 529 g/mol. The fourth-order valence-corrected chi connectivity index (χ4v) is 4.37. The van der Waals surface area contributed by atoms with Crippen molar-refractivity contribution < 1.29 is 17.3 Å². The van der Waals surface area contributed by atoms with Crippen molar-refractivity contribution in [2.75, 3.05) is 7.11 Å². The van der Waals surface area contributed by atoms with Gasteiger partial charge in [-0.05, 0) is 82.5 Å². The van der Waals surface area contributed by atoms with Crippen molar-refractivity contribution in [2.24, 2.45) is 4.99 Å². The molecular weight excluding hydrogens is 513 g/mol. The van der Waals surface area contributed by atoms with Gasteiger partial charge in [-0.3, -0.25) is 4.99 Å². The van der Waals surface area contributed by atoms with Crippen LogP contribution in [0.25, 0.3) is 0 Å². The first-order valence-corrected chi connectivity index (χ1v) is 11.5. The van der Waals surface area contributed by atoms with Gasteiger partial charge in [-0.25, -0.2) is 0 Å². The molecule has 30 heavy (non-hydrogen) atoms. The van der Waals surface area contributed by atoms with Crippen LogP contribution >= 0.6 is 39.1 Å². The Morgan fingerprint density at radius 2 is 1.73 bits per heavy atom. The molecule has 156 valence electrons. The van der Waals surface area contributed by atoms with E-state index in [1.54, 1.807) is 24.4 Å². The molecule has 0 aliphatic carbocycles. The summed E-state index contributed by atoms with van der Waals surface area (Å²) < 4.78 is 36.3. The number of aryl methyl sites for hydroxylation is 1. The Morgan fingerprint density at radius 1 is 1.03 bits per heavy atom. The monoisotopic (exact) mass is 527 g/mol. The van der Waals surface area contributed by atoms with Crippen molar-refractivity contribution >= 4 is 61.2 Å². The van der Waals surface area contributed by atoms with E-state index in [-0.39, 0.29) is 16.4 Å². The predicted octanol–water partition coefficient (Wildman–Crippen LogP) is 6.59. The lowest BCUT2D eigenvalue weighted by molar-refractivity contribution is 0.389. The van der Waals surface area contributed by atoms with Gasteiger partial charge in [-0.1, -0.05) is 29.3 Å². The van der Waals surface area contributed by atoms with Gasteiger partial charge in [0, 0.05) is 16.3 Å². The Hall–Kier alpha value is -2.06. The first kappa shape index (κ1) is 22.6. The standard InChI is InChI=1S/C21H16BrCl2NO4S/c1-13-3-6-16(11-19(13)24)25-12-14-9-18(22)21(20(10-14)28-2)29-30(26,27)17-7-4-15(23)5-8-17/h3-12H,1-2H3. The highest BCUT2D eigenvalue weighted by Gasteiger charge is 2.22. The zero-order valence-corrected chi connectivity index (χ0v) is 19.8. The molecule has 5 nitrogen and oxygen atoms in total. The van der Waals surface area contributed by atoms with Crippen molar-refractivity contribution in [1.82, 2.24) is 0 Å². The number of hydrogen-bond donors (Lipinski definition) is 0. The topological polar surface area (TPSA) is 65.0 Å². The summed E-state index contributed by atoms with van der Waals surface area (Å²) in [5, 5.41) is 1.05. The Bertz CT molecular complexity index is 1210. The molecule has 3 aromatic carbocycles. The summed E-state index contributed by atoms with van der Waals surface area (Å²) in [6.07, 6.45) is 1.62. The fraction of sp³-hybridized carbons (Fsp3) is 0.0952. The van der Waals surface area contributed by atoms with Gasteiger partial charge in [0.15, 0.2) is 11.5 Å². The van der Waals surface area contributed by atoms with Gasteiger partial charge in [0.25, 0.3) is 0 Å². The normalized spacial score (nSPS) is 11.6. The molecule has 0 heterocycles. The second kappa shape index (κ2) is 9.39. The second-order valence-electron chi connectivity index (χ2n) is 6.22. The van der Waals surface area contributed by atoms with Crippen LogP contribution in [-0.2, 0) is 10.1 Å². The number of halogens is 3. The number of hydrogen-bond acceptors (Lipinski definition) is 5. The highest BCUT2D eigenvalue weighted by Crippen LogP contribution is 2.38. The maximum absolute atomic E-state index is 12.6. The predicted molar refractivity (Wildman–Crippen MR) is 123 cm³/mol. The largest absolute Gasteiger partial charge is 0.493 e. The summed E-state index contributed by atoms with van der Waals surface area (Å²) in [6, 6.07) is 14.5. The van der Waals surface area contributed by atoms with Crippen molar-refractivity contribution in [2.45, 2.75) is 11.8 Å². The van der Waals surface area contributed by atoms with Crippen molar-refractivity contribution in [3.05, 3.63) is 80.2 Å². The molecule has 3 rings (SSSR count). The third-order valence-electron chi connectivity index (χ3n) is 4.07. The molecule has 0 aliphatic heterocycles. The van der Waals surface area contributed by atoms with Gasteiger partial charge in [0.05, 0.1) is 17.3 Å². The van der Waals surface area contributed by atoms with Gasteiger partial charge < -0.3 is 8.92 Å². The number of benzene rings is 3. The van der Waals surface area contributed by atoms with Crippen LogP contribution < -0.4 is 8.92 Å². The summed E-state index contributed by atoms with van der Waals surface area (Å²) in [5.41, 5.74) is 2.32. The van der Waals surface area contributed by atoms with E-state index in [1.165, 1.54) is 31.4 Å². The quantitative estimate of drug-likeness (QED) is 0.267. The van der Waals surface area contributed by atoms with E-state index in [0.29, 0.717) is 25.8 Å². The molecule has 0 saturated heterocycles. The Labute approximate surface area is 193 Å². The van der Waals surface area contributed by atoms with E-state index < -0.39 is 10.1 Å². The van der Waals surface area contributed by atoms with Crippen LogP contribution in [0.1, 0.15) is 11.1 Å². The molecule has 0 aliphatic rings. The lowest BCUT2D eigenvalue weighted by atomic mass is 10.2. The maximum atomic E-state index is 12.6. The summed E-state index contributed by atoms with van der Waals surface area (Å²) in [5.74, 6) is 0.258. The Morgan fingerprint density at radius 3 is 2.37 bits per heavy atom. The molecule has 9 heteroatoms. The zero-order valence-electron chi connectivity index (χ0n) is 15.9. The Kier molecular flexibility index (Phi) is 7.08. The number of methoxy groups -OCH3 is 1. The third-order valence-corrected chi connectivity index (χ3v) is 6.55. The van der Waals surface area contributed by atoms with Crippen molar-refractivity contribution in [1.29, 1.82) is 0 Å². The van der Waals surface area contributed by atoms with E-state index in [9.17, 15) is 8.42 Å². The molecule has 0 aromatic heterocycles. The molecule has 0 amide bonds. The summed E-state index contributed by atoms with van der Waals surface area (Å²) >= 11 is 15.3. The van der Waals surface area contributed by atoms with Crippen LogP contribution in [0, 0.1) is 6.92 Å². The highest BCUT2D eigenvalue weighted by molar-refractivity contribution is 9.10. The maximum Gasteiger partial charge on any atom is 0.339 e. The molecule has 0 unspecified atom stereocenters. The second-order valence-corrected chi connectivity index (χ2v) is 9.46. The van der Waals surface area contributed by atoms with Gasteiger partial charge in [-0.2, -0.15) is 8.42 Å². The van der Waals surface area contributed by atoms with Gasteiger partial charge in [0.2, 0.25) is 0 Å². The third kappa shape index (κ3) is 5.35. The molecule has 0 N–H and O–H groups in total. The molecule has 0 radical (unpaired) electrons. The SMILES string of the molecule is COc1cc(C=Nc2ccc(C)c(Cl)c2)cc(Br)c1OS(=O)(=O)c1ccc(Cl)cc1. The zero-order chi connectivity index (χ0) is 21.9. The molecule has 0 fully saturated rings. The average Bonchev–Trinajstić information content (AvgIpc) is 2.70. The van der Waals surface area contributed by atoms with E-state index in [2.05, 4.69) is 20.9 Å². The minimum Gasteiger partial charge on any atom is -0.493 e. The molecule has 0 bridgehead atoms. The van der Waals surface area contributed by atoms with E-state index in [4.69, 9.17) is 32.1 Å². The summed E-state index contributed by atoms with van der Waals surface area (Å²) in [6.45, 7) is 1.91. The van der Waals surface area contributed by atoms with Gasteiger partial charge >= 0.3 is 10.1 Å². The molecular formula is C21H16BrCl2NO4S. The van der Waals surface area contributed by atoms with Gasteiger partial charge in [-0.15, -0.1) is 0 Å². The molecule has 3 aromatic rings. The minimum absolute atomic E-state index is 0.0252. The minimum atomic E-state index is -4.08. The smallest absolute Gasteiger partial charge is 0.339 e. The number of aliphatic imine (C=N–C) groups is 1. The first-order valence-electron chi connectivity index (χ1n) is 8.57. The molecule has 0 saturated carbocycles. The van der Waals surface area contributed by atoms with E-state index in [0.717, 1.165) is 5.56 Å². The van der Waals surface area contributed by atoms with Crippen LogP contribution in [0.3, 0.4) is 0 Å². The van der Waals surface area contributed by atoms with Crippen molar-refractivity contribution in [3.8, 4) is 11.5 Å².